The molecule has 4 aromatic carbocycles. The van der Waals surface area contributed by atoms with Crippen molar-refractivity contribution < 1.29 is 32.9 Å². The lowest BCUT2D eigenvalue weighted by Crippen LogP contribution is -2.80. The summed E-state index contributed by atoms with van der Waals surface area (Å²) in [5.74, 6) is 0. The van der Waals surface area contributed by atoms with Crippen molar-refractivity contribution in [2.75, 3.05) is 0 Å². The molecule has 0 saturated carbocycles. The smallest absolute Gasteiger partial charge is 0.389 e. The normalized spacial score (nSPS) is 23.6. The fraction of sp³-hybridized carbons (Fsp3) is 0.333. The highest BCUT2D eigenvalue weighted by atomic mass is 28.5. The van der Waals surface area contributed by atoms with Crippen molar-refractivity contribution in [1.82, 2.24) is 0 Å². The van der Waals surface area contributed by atoms with E-state index in [-0.39, 0.29) is 0 Å². The van der Waals surface area contributed by atoms with Gasteiger partial charge in [0.05, 0.1) is 0 Å². The standard InChI is InChI=1S/C28H32O4Si4.C8H24O4Si4/c1-33(2)29-34(3,4)31-36(27-21-13-7-14-22-27,28-23-15-8-16-24-28)32-35(30-33,25-17-9-5-10-18-25)26-19-11-6-12-20-26;1-13(2)9-14(3,4)11-16(7,8)12-15(5,6)10-13/h5-24H,1-4H3;1-8H3. The van der Waals surface area contributed by atoms with E-state index >= 15 is 0 Å². The van der Waals surface area contributed by atoms with Crippen LogP contribution in [0.2, 0.25) is 78.6 Å². The van der Waals surface area contributed by atoms with Crippen LogP contribution in [0, 0.1) is 0 Å². The fourth-order valence-corrected chi connectivity index (χ4v) is 49.6. The Kier molecular flexibility index (Phi) is 12.3. The Labute approximate surface area is 320 Å². The largest absolute Gasteiger partial charge is 0.416 e. The van der Waals surface area contributed by atoms with Crippen molar-refractivity contribution in [3.8, 4) is 0 Å². The molecule has 0 amide bonds. The van der Waals surface area contributed by atoms with Gasteiger partial charge in [-0.25, -0.2) is 0 Å². The molecule has 0 bridgehead atoms. The fourth-order valence-electron chi connectivity index (χ4n) is 7.46. The summed E-state index contributed by atoms with van der Waals surface area (Å²) in [6.07, 6.45) is 0. The SMILES string of the molecule is C[Si]1(C)O[Si](C)(C)O[Si](C)(C)O[Si](C)(C)O1.C[Si]1(C)O[Si](C)(C)O[Si](c2ccccc2)(c2ccccc2)O[Si](c2ccccc2)(c2ccccc2)O1. The quantitative estimate of drug-likeness (QED) is 0.207. The molecule has 280 valence electrons. The van der Waals surface area contributed by atoms with Gasteiger partial charge >= 0.3 is 68.5 Å². The minimum absolute atomic E-state index is 1.05. The van der Waals surface area contributed by atoms with Gasteiger partial charge in [-0.3, -0.25) is 0 Å². The highest BCUT2D eigenvalue weighted by Crippen LogP contribution is 2.32. The second-order valence-electron chi connectivity index (χ2n) is 15.9. The number of hydrogen-bond donors (Lipinski definition) is 0. The van der Waals surface area contributed by atoms with Crippen LogP contribution < -0.4 is 20.7 Å². The summed E-state index contributed by atoms with van der Waals surface area (Å²) < 4.78 is 53.8. The Bertz CT molecular complexity index is 1510. The first kappa shape index (κ1) is 41.5. The minimum Gasteiger partial charge on any atom is -0.416 e. The summed E-state index contributed by atoms with van der Waals surface area (Å²) in [4.78, 5) is 0. The van der Waals surface area contributed by atoms with Gasteiger partial charge in [0, 0.05) is 0 Å². The third kappa shape index (κ3) is 10.3. The molecule has 8 nitrogen and oxygen atoms in total. The Morgan fingerprint density at radius 1 is 0.231 bits per heavy atom. The molecular weight excluding hydrogens is 785 g/mol. The van der Waals surface area contributed by atoms with Gasteiger partial charge in [0.2, 0.25) is 0 Å². The molecule has 4 aromatic rings. The molecule has 0 spiro atoms. The van der Waals surface area contributed by atoms with Gasteiger partial charge in [0.15, 0.2) is 0 Å². The van der Waals surface area contributed by atoms with Crippen LogP contribution in [0.25, 0.3) is 0 Å². The summed E-state index contributed by atoms with van der Waals surface area (Å²) in [6, 6.07) is 41.6. The van der Waals surface area contributed by atoms with E-state index in [0.717, 1.165) is 20.7 Å². The molecule has 52 heavy (non-hydrogen) atoms. The van der Waals surface area contributed by atoms with Crippen molar-refractivity contribution in [2.45, 2.75) is 78.6 Å². The van der Waals surface area contributed by atoms with Gasteiger partial charge in [-0.2, -0.15) is 0 Å². The van der Waals surface area contributed by atoms with Gasteiger partial charge in [0.25, 0.3) is 0 Å². The molecule has 2 aliphatic rings. The van der Waals surface area contributed by atoms with Crippen LogP contribution in [0.4, 0.5) is 0 Å². The molecule has 2 heterocycles. The predicted molar refractivity (Wildman–Crippen MR) is 229 cm³/mol. The Morgan fingerprint density at radius 3 is 0.596 bits per heavy atom. The zero-order chi connectivity index (χ0) is 38.1. The van der Waals surface area contributed by atoms with Crippen LogP contribution in [-0.4, -0.2) is 68.5 Å². The molecule has 0 aliphatic carbocycles. The highest BCUT2D eigenvalue weighted by molar-refractivity contribution is 7.09. The third-order valence-electron chi connectivity index (χ3n) is 8.14. The van der Waals surface area contributed by atoms with Crippen molar-refractivity contribution >= 4 is 89.2 Å². The van der Waals surface area contributed by atoms with Crippen LogP contribution in [0.3, 0.4) is 0 Å². The van der Waals surface area contributed by atoms with Gasteiger partial charge in [-0.05, 0) is 99.3 Å². The molecule has 2 fully saturated rings. The van der Waals surface area contributed by atoms with Gasteiger partial charge in [-0.15, -0.1) is 0 Å². The highest BCUT2D eigenvalue weighted by Gasteiger charge is 2.61. The molecule has 0 aromatic heterocycles. The summed E-state index contributed by atoms with van der Waals surface area (Å²) in [5, 5.41) is 4.20. The zero-order valence-electron chi connectivity index (χ0n) is 32.8. The van der Waals surface area contributed by atoms with Crippen LogP contribution in [0.1, 0.15) is 0 Å². The molecular formula is C36H56O8Si8. The van der Waals surface area contributed by atoms with Crippen LogP contribution in [0.5, 0.6) is 0 Å². The van der Waals surface area contributed by atoms with Crippen molar-refractivity contribution in [1.29, 1.82) is 0 Å². The first-order chi connectivity index (χ1) is 24.1. The summed E-state index contributed by atoms with van der Waals surface area (Å²) in [6.45, 7) is 25.0. The number of hydrogen-bond acceptors (Lipinski definition) is 8. The lowest BCUT2D eigenvalue weighted by molar-refractivity contribution is 0.238. The van der Waals surface area contributed by atoms with E-state index in [1.807, 2.05) is 24.3 Å². The van der Waals surface area contributed by atoms with Gasteiger partial charge < -0.3 is 32.9 Å². The molecule has 0 unspecified atom stereocenters. The van der Waals surface area contributed by atoms with Crippen LogP contribution in [-0.2, 0) is 32.9 Å². The summed E-state index contributed by atoms with van der Waals surface area (Å²) in [5.41, 5.74) is 0. The lowest BCUT2D eigenvalue weighted by Gasteiger charge is -2.50. The molecule has 6 rings (SSSR count). The van der Waals surface area contributed by atoms with Crippen molar-refractivity contribution in [2.24, 2.45) is 0 Å². The maximum Gasteiger partial charge on any atom is 0.389 e. The average Bonchev–Trinajstić information content (AvgIpc) is 3.02. The molecule has 16 heteroatoms. The Balaban J connectivity index is 0.000000275. The second kappa shape index (κ2) is 15.4. The first-order valence-electron chi connectivity index (χ1n) is 17.9. The molecule has 0 atom stereocenters. The summed E-state index contributed by atoms with van der Waals surface area (Å²) >= 11 is 0. The van der Waals surface area contributed by atoms with Crippen molar-refractivity contribution in [3.05, 3.63) is 121 Å². The second-order valence-corrected chi connectivity index (χ2v) is 44.0. The van der Waals surface area contributed by atoms with E-state index in [4.69, 9.17) is 32.9 Å². The molecule has 0 N–H and O–H groups in total. The Morgan fingerprint density at radius 2 is 0.404 bits per heavy atom. The number of rotatable bonds is 4. The Hall–Kier alpha value is -1.70. The predicted octanol–water partition coefficient (Wildman–Crippen LogP) is 6.86. The van der Waals surface area contributed by atoms with Gasteiger partial charge in [-0.1, -0.05) is 121 Å². The lowest BCUT2D eigenvalue weighted by atomic mass is 10.4. The van der Waals surface area contributed by atoms with E-state index < -0.39 is 68.5 Å². The van der Waals surface area contributed by atoms with E-state index in [2.05, 4.69) is 176 Å². The molecule has 0 radical (unpaired) electrons. The van der Waals surface area contributed by atoms with Crippen LogP contribution >= 0.6 is 0 Å². The van der Waals surface area contributed by atoms with E-state index in [0.29, 0.717) is 0 Å². The topological polar surface area (TPSA) is 73.8 Å². The molecule has 2 aliphatic heterocycles. The van der Waals surface area contributed by atoms with Crippen molar-refractivity contribution in [3.63, 3.8) is 0 Å². The third-order valence-corrected chi connectivity index (χ3v) is 40.7. The van der Waals surface area contributed by atoms with E-state index in [1.54, 1.807) is 0 Å². The maximum absolute atomic E-state index is 7.70. The van der Waals surface area contributed by atoms with E-state index in [1.165, 1.54) is 0 Å². The van der Waals surface area contributed by atoms with Crippen LogP contribution in [0.15, 0.2) is 121 Å². The monoisotopic (exact) mass is 840 g/mol. The van der Waals surface area contributed by atoms with Gasteiger partial charge in [0.1, 0.15) is 0 Å². The van der Waals surface area contributed by atoms with E-state index in [9.17, 15) is 0 Å². The number of benzene rings is 4. The summed E-state index contributed by atoms with van der Waals surface area (Å²) in [7, 11) is -20.4. The zero-order valence-corrected chi connectivity index (χ0v) is 40.8. The first-order valence-corrected chi connectivity index (χ1v) is 38.4. The average molecular weight is 842 g/mol. The minimum atomic E-state index is -3.32. The maximum atomic E-state index is 7.70. The molecule has 2 saturated heterocycles.